The molecule has 2 aromatic heterocycles. The third-order valence-corrected chi connectivity index (χ3v) is 9.47. The van der Waals surface area contributed by atoms with Gasteiger partial charge in [0, 0.05) is 23.5 Å². The van der Waals surface area contributed by atoms with E-state index in [1.807, 2.05) is 26.0 Å². The maximum Gasteiger partial charge on any atom is 0.0909 e. The van der Waals surface area contributed by atoms with Crippen LogP contribution in [-0.2, 0) is 9.47 Å². The predicted octanol–water partition coefficient (Wildman–Crippen LogP) is 4.58. The Morgan fingerprint density at radius 3 is 1.42 bits per heavy atom. The molecule has 4 heterocycles. The second-order valence-corrected chi connectivity index (χ2v) is 12.5. The van der Waals surface area contributed by atoms with Gasteiger partial charge in [-0.3, -0.25) is 9.97 Å². The molecule has 2 aromatic rings. The fourth-order valence-corrected chi connectivity index (χ4v) is 6.22. The first-order valence-corrected chi connectivity index (χ1v) is 14.1. The molecule has 4 aliphatic rings. The van der Waals surface area contributed by atoms with Crippen LogP contribution in [0.25, 0.3) is 0 Å². The van der Waals surface area contributed by atoms with E-state index < -0.39 is 11.2 Å². The number of ether oxygens (including phenoxy) is 2. The summed E-state index contributed by atoms with van der Waals surface area (Å²) in [4.78, 5) is 8.05. The van der Waals surface area contributed by atoms with Crippen LogP contribution in [0.2, 0.25) is 0 Å². The van der Waals surface area contributed by atoms with Gasteiger partial charge in [-0.25, -0.2) is 0 Å². The van der Waals surface area contributed by atoms with Crippen LogP contribution in [0.5, 0.6) is 0 Å². The molecule has 8 atom stereocenters. The average molecular weight is 525 g/mol. The van der Waals surface area contributed by atoms with Crippen molar-refractivity contribution in [1.29, 1.82) is 0 Å². The van der Waals surface area contributed by atoms with Crippen molar-refractivity contribution in [3.8, 4) is 0 Å². The monoisotopic (exact) mass is 524 g/mol. The zero-order valence-corrected chi connectivity index (χ0v) is 23.1. The van der Waals surface area contributed by atoms with Crippen molar-refractivity contribution in [2.24, 2.45) is 23.7 Å². The van der Waals surface area contributed by atoms with Crippen LogP contribution in [0.4, 0.5) is 11.4 Å². The van der Waals surface area contributed by atoms with Crippen LogP contribution in [0.1, 0.15) is 89.6 Å². The van der Waals surface area contributed by atoms with E-state index in [4.69, 9.17) is 20.9 Å². The molecule has 0 unspecified atom stereocenters. The van der Waals surface area contributed by atoms with E-state index in [0.717, 1.165) is 49.7 Å². The Balaban J connectivity index is 0.000000155. The number of aromatic nitrogens is 2. The molecular formula is C30H44N4O4. The molecule has 2 aliphatic heterocycles. The fraction of sp³-hybridized carbons (Fsp3) is 0.667. The van der Waals surface area contributed by atoms with Crippen molar-refractivity contribution in [3.63, 3.8) is 0 Å². The fourth-order valence-electron chi connectivity index (χ4n) is 6.22. The van der Waals surface area contributed by atoms with E-state index in [9.17, 15) is 10.2 Å². The lowest BCUT2D eigenvalue weighted by Crippen LogP contribution is -2.52. The number of nitrogens with zero attached hydrogens (tertiary/aromatic N) is 2. The molecule has 6 rings (SSSR count). The summed E-state index contributed by atoms with van der Waals surface area (Å²) in [6.45, 7) is 8.02. The second kappa shape index (κ2) is 10.4. The highest BCUT2D eigenvalue weighted by Crippen LogP contribution is 2.51. The smallest absolute Gasteiger partial charge is 0.0909 e. The first-order chi connectivity index (χ1) is 18.0. The molecular weight excluding hydrogens is 480 g/mol. The SMILES string of the molecule is C[C@@H]1C[C@H](c2ccncc2N)O[C@H](C2CC2)[C@@]1(C)O.C[C@H]1C[C@@H](c2ccncc2N)O[C@@H](C2CC2)[C@]1(C)O. The minimum atomic E-state index is -0.737. The number of nitrogens with two attached hydrogens (primary N) is 2. The summed E-state index contributed by atoms with van der Waals surface area (Å²) in [7, 11) is 0. The second-order valence-electron chi connectivity index (χ2n) is 12.5. The van der Waals surface area contributed by atoms with Crippen molar-refractivity contribution in [2.75, 3.05) is 11.5 Å². The van der Waals surface area contributed by atoms with Gasteiger partial charge in [-0.15, -0.1) is 0 Å². The molecule has 0 amide bonds. The first kappa shape index (κ1) is 27.3. The summed E-state index contributed by atoms with van der Waals surface area (Å²) >= 11 is 0. The van der Waals surface area contributed by atoms with Crippen molar-refractivity contribution in [1.82, 2.24) is 9.97 Å². The average Bonchev–Trinajstić information content (AvgIpc) is 3.78. The lowest BCUT2D eigenvalue weighted by molar-refractivity contribution is -0.203. The zero-order valence-electron chi connectivity index (χ0n) is 23.1. The van der Waals surface area contributed by atoms with Gasteiger partial charge >= 0.3 is 0 Å². The van der Waals surface area contributed by atoms with Crippen LogP contribution in [0, 0.1) is 23.7 Å². The molecule has 0 aromatic carbocycles. The molecule has 0 radical (unpaired) electrons. The van der Waals surface area contributed by atoms with Crippen LogP contribution in [0.15, 0.2) is 36.9 Å². The molecule has 2 saturated carbocycles. The third kappa shape index (κ3) is 5.41. The molecule has 8 nitrogen and oxygen atoms in total. The lowest BCUT2D eigenvalue weighted by Gasteiger charge is -2.46. The van der Waals surface area contributed by atoms with Gasteiger partial charge in [-0.1, -0.05) is 13.8 Å². The van der Waals surface area contributed by atoms with E-state index in [2.05, 4.69) is 23.8 Å². The number of rotatable bonds is 4. The van der Waals surface area contributed by atoms with Crippen LogP contribution < -0.4 is 11.5 Å². The van der Waals surface area contributed by atoms with Crippen LogP contribution in [-0.4, -0.2) is 43.6 Å². The van der Waals surface area contributed by atoms with Gasteiger partial charge in [-0.05, 0) is 88.2 Å². The lowest BCUT2D eigenvalue weighted by atomic mass is 9.76. The highest BCUT2D eigenvalue weighted by molar-refractivity contribution is 5.46. The van der Waals surface area contributed by atoms with Crippen molar-refractivity contribution in [2.45, 2.75) is 102 Å². The Labute approximate surface area is 226 Å². The van der Waals surface area contributed by atoms with Crippen molar-refractivity contribution >= 4 is 11.4 Å². The van der Waals surface area contributed by atoms with Crippen molar-refractivity contribution in [3.05, 3.63) is 48.0 Å². The Kier molecular flexibility index (Phi) is 7.46. The molecule has 2 aliphatic carbocycles. The van der Waals surface area contributed by atoms with E-state index in [1.165, 1.54) is 0 Å². The third-order valence-electron chi connectivity index (χ3n) is 9.47. The van der Waals surface area contributed by atoms with Crippen LogP contribution >= 0.6 is 0 Å². The number of hydrogen-bond acceptors (Lipinski definition) is 8. The Morgan fingerprint density at radius 2 is 1.11 bits per heavy atom. The van der Waals surface area contributed by atoms with Gasteiger partial charge in [0.2, 0.25) is 0 Å². The first-order valence-electron chi connectivity index (χ1n) is 14.1. The molecule has 208 valence electrons. The maximum absolute atomic E-state index is 10.7. The highest BCUT2D eigenvalue weighted by atomic mass is 16.5. The van der Waals surface area contributed by atoms with Gasteiger partial charge in [0.05, 0.1) is 59.4 Å². The maximum atomic E-state index is 10.7. The number of aliphatic hydroxyl groups is 2. The minimum Gasteiger partial charge on any atom is -0.397 e. The molecule has 4 fully saturated rings. The van der Waals surface area contributed by atoms with Gasteiger partial charge in [0.15, 0.2) is 0 Å². The highest BCUT2D eigenvalue weighted by Gasteiger charge is 2.52. The van der Waals surface area contributed by atoms with Crippen LogP contribution in [0.3, 0.4) is 0 Å². The molecule has 6 N–H and O–H groups in total. The zero-order chi connectivity index (χ0) is 27.2. The summed E-state index contributed by atoms with van der Waals surface area (Å²) in [5.74, 6) is 1.40. The van der Waals surface area contributed by atoms with Crippen molar-refractivity contribution < 1.29 is 19.7 Å². The Morgan fingerprint density at radius 1 is 0.737 bits per heavy atom. The number of nitrogen functional groups attached to an aromatic ring is 2. The summed E-state index contributed by atoms with van der Waals surface area (Å²) in [6.07, 6.45) is 12.9. The minimum absolute atomic E-state index is 0.0242. The van der Waals surface area contributed by atoms with E-state index in [0.29, 0.717) is 23.2 Å². The summed E-state index contributed by atoms with van der Waals surface area (Å²) in [5, 5.41) is 21.4. The summed E-state index contributed by atoms with van der Waals surface area (Å²) < 4.78 is 12.4. The molecule has 2 saturated heterocycles. The number of anilines is 2. The molecule has 0 bridgehead atoms. The topological polar surface area (TPSA) is 137 Å². The van der Waals surface area contributed by atoms with Gasteiger partial charge in [0.25, 0.3) is 0 Å². The molecule has 0 spiro atoms. The van der Waals surface area contributed by atoms with Gasteiger partial charge < -0.3 is 31.2 Å². The quantitative estimate of drug-likeness (QED) is 0.456. The number of hydrogen-bond donors (Lipinski definition) is 4. The standard InChI is InChI=1S/2C15H22N2O2/c2*1-9-7-13(11-5-6-17-8-12(11)16)19-14(10-3-4-10)15(9,2)18/h2*5-6,8-10,13-14,18H,3-4,7,16H2,1-2H3/t2*9-,13-,14-,15+/m10/s1. The summed E-state index contributed by atoms with van der Waals surface area (Å²) in [6, 6.07) is 3.85. The van der Waals surface area contributed by atoms with E-state index in [1.54, 1.807) is 24.8 Å². The van der Waals surface area contributed by atoms with E-state index >= 15 is 0 Å². The normalized spacial score (nSPS) is 39.2. The molecule has 38 heavy (non-hydrogen) atoms. The Bertz CT molecular complexity index is 1030. The van der Waals surface area contributed by atoms with Gasteiger partial charge in [-0.2, -0.15) is 0 Å². The van der Waals surface area contributed by atoms with E-state index in [-0.39, 0.29) is 36.3 Å². The Hall–Kier alpha value is -2.26. The molecule has 8 heteroatoms. The largest absolute Gasteiger partial charge is 0.397 e. The summed E-state index contributed by atoms with van der Waals surface area (Å²) in [5.41, 5.74) is 13.9. The predicted molar refractivity (Wildman–Crippen MR) is 147 cm³/mol. The number of pyridine rings is 2. The van der Waals surface area contributed by atoms with Gasteiger partial charge in [0.1, 0.15) is 0 Å².